The van der Waals surface area contributed by atoms with Gasteiger partial charge >= 0.3 is 0 Å². The summed E-state index contributed by atoms with van der Waals surface area (Å²) in [5.74, 6) is 0.858. The van der Waals surface area contributed by atoms with Gasteiger partial charge in [0, 0.05) is 32.7 Å². The van der Waals surface area contributed by atoms with Crippen LogP contribution in [0, 0.1) is 12.8 Å². The van der Waals surface area contributed by atoms with E-state index in [1.807, 2.05) is 6.92 Å². The van der Waals surface area contributed by atoms with Gasteiger partial charge in [-0.15, -0.1) is 0 Å². The predicted molar refractivity (Wildman–Crippen MR) is 90.7 cm³/mol. The lowest BCUT2D eigenvalue weighted by Crippen LogP contribution is -2.44. The fraction of sp³-hybridized carbons (Fsp3) is 0.706. The first-order chi connectivity index (χ1) is 11.1. The van der Waals surface area contributed by atoms with Crippen molar-refractivity contribution in [2.45, 2.75) is 39.2 Å². The van der Waals surface area contributed by atoms with Crippen molar-refractivity contribution in [3.8, 4) is 0 Å². The minimum absolute atomic E-state index is 0.235. The number of carbonyl (C=O) groups is 1. The van der Waals surface area contributed by atoms with E-state index in [0.717, 1.165) is 36.4 Å². The fourth-order valence-corrected chi connectivity index (χ4v) is 3.77. The standard InChI is InChI=1S/C17H27N5O/c1-12-4-7-22(11-12)14-5-8-21(9-6-14)15-10-19-16(17(23)18-3)20-13(15)2/h10,12,14H,4-9,11H2,1-3H3,(H,18,23). The van der Waals surface area contributed by atoms with E-state index in [1.54, 1.807) is 13.2 Å². The zero-order chi connectivity index (χ0) is 16.4. The molecule has 1 atom stereocenters. The molecule has 0 aromatic carbocycles. The van der Waals surface area contributed by atoms with Crippen molar-refractivity contribution >= 4 is 11.6 Å². The zero-order valence-corrected chi connectivity index (χ0v) is 14.4. The van der Waals surface area contributed by atoms with Crippen LogP contribution in [0.1, 0.15) is 42.5 Å². The highest BCUT2D eigenvalue weighted by atomic mass is 16.2. The molecule has 1 unspecified atom stereocenters. The van der Waals surface area contributed by atoms with Crippen LogP contribution >= 0.6 is 0 Å². The number of likely N-dealkylation sites (tertiary alicyclic amines) is 1. The molecule has 6 heteroatoms. The first-order valence-corrected chi connectivity index (χ1v) is 8.63. The Kier molecular flexibility index (Phi) is 4.80. The number of carbonyl (C=O) groups excluding carboxylic acids is 1. The molecule has 23 heavy (non-hydrogen) atoms. The highest BCUT2D eigenvalue weighted by Crippen LogP contribution is 2.27. The Hall–Kier alpha value is -1.69. The van der Waals surface area contributed by atoms with Crippen LogP contribution in [0.25, 0.3) is 0 Å². The molecule has 126 valence electrons. The number of hydrogen-bond acceptors (Lipinski definition) is 5. The predicted octanol–water partition coefficient (Wildman–Crippen LogP) is 1.46. The maximum Gasteiger partial charge on any atom is 0.288 e. The first-order valence-electron chi connectivity index (χ1n) is 8.63. The van der Waals surface area contributed by atoms with Crippen molar-refractivity contribution in [3.63, 3.8) is 0 Å². The summed E-state index contributed by atoms with van der Waals surface area (Å²) in [6.07, 6.45) is 5.53. The summed E-state index contributed by atoms with van der Waals surface area (Å²) in [5.41, 5.74) is 1.94. The van der Waals surface area contributed by atoms with Crippen LogP contribution in [0.3, 0.4) is 0 Å². The Labute approximate surface area is 138 Å². The van der Waals surface area contributed by atoms with E-state index in [2.05, 4.69) is 32.0 Å². The molecule has 2 aliphatic rings. The van der Waals surface area contributed by atoms with Crippen molar-refractivity contribution in [3.05, 3.63) is 17.7 Å². The molecule has 1 N–H and O–H groups in total. The maximum atomic E-state index is 11.6. The molecule has 2 aliphatic heterocycles. The maximum absolute atomic E-state index is 11.6. The summed E-state index contributed by atoms with van der Waals surface area (Å²) in [6, 6.07) is 0.725. The number of nitrogens with zero attached hydrogens (tertiary/aromatic N) is 4. The SMILES string of the molecule is CNC(=O)c1ncc(N2CCC(N3CCC(C)C3)CC2)c(C)n1. The quantitative estimate of drug-likeness (QED) is 0.914. The van der Waals surface area contributed by atoms with Crippen molar-refractivity contribution in [2.24, 2.45) is 5.92 Å². The first kappa shape index (κ1) is 16.2. The Morgan fingerprint density at radius 1 is 1.26 bits per heavy atom. The van der Waals surface area contributed by atoms with Crippen molar-refractivity contribution in [1.82, 2.24) is 20.2 Å². The van der Waals surface area contributed by atoms with E-state index in [4.69, 9.17) is 0 Å². The third-order valence-electron chi connectivity index (χ3n) is 5.16. The molecular weight excluding hydrogens is 290 g/mol. The Morgan fingerprint density at radius 3 is 2.57 bits per heavy atom. The van der Waals surface area contributed by atoms with E-state index in [-0.39, 0.29) is 11.7 Å². The van der Waals surface area contributed by atoms with Crippen LogP contribution in [-0.4, -0.2) is 60.0 Å². The smallest absolute Gasteiger partial charge is 0.288 e. The van der Waals surface area contributed by atoms with E-state index in [0.29, 0.717) is 0 Å². The van der Waals surface area contributed by atoms with Gasteiger partial charge in [0.25, 0.3) is 5.91 Å². The highest BCUT2D eigenvalue weighted by Gasteiger charge is 2.29. The van der Waals surface area contributed by atoms with Crippen molar-refractivity contribution in [1.29, 1.82) is 0 Å². The molecule has 0 spiro atoms. The van der Waals surface area contributed by atoms with Gasteiger partial charge < -0.3 is 10.2 Å². The van der Waals surface area contributed by atoms with Crippen molar-refractivity contribution in [2.75, 3.05) is 38.1 Å². The molecule has 1 aromatic rings. The van der Waals surface area contributed by atoms with Crippen LogP contribution in [0.4, 0.5) is 5.69 Å². The summed E-state index contributed by atoms with van der Waals surface area (Å²) < 4.78 is 0. The zero-order valence-electron chi connectivity index (χ0n) is 14.4. The summed E-state index contributed by atoms with van der Waals surface area (Å²) in [6.45, 7) is 8.90. The lowest BCUT2D eigenvalue weighted by Gasteiger charge is -2.38. The van der Waals surface area contributed by atoms with Crippen molar-refractivity contribution < 1.29 is 4.79 Å². The number of anilines is 1. The minimum Gasteiger partial charge on any atom is -0.369 e. The van der Waals surface area contributed by atoms with E-state index in [1.165, 1.54) is 32.4 Å². The van der Waals surface area contributed by atoms with Gasteiger partial charge in [-0.3, -0.25) is 9.69 Å². The summed E-state index contributed by atoms with van der Waals surface area (Å²) in [5, 5.41) is 2.57. The van der Waals surface area contributed by atoms with Crippen LogP contribution in [0.15, 0.2) is 6.20 Å². The average Bonchev–Trinajstić information content (AvgIpc) is 3.00. The molecular formula is C17H27N5O. The molecule has 2 fully saturated rings. The molecule has 2 saturated heterocycles. The molecule has 6 nitrogen and oxygen atoms in total. The van der Waals surface area contributed by atoms with Crippen LogP contribution < -0.4 is 10.2 Å². The lowest BCUT2D eigenvalue weighted by molar-refractivity contribution is 0.0952. The molecule has 0 bridgehead atoms. The second kappa shape index (κ2) is 6.83. The van der Waals surface area contributed by atoms with Gasteiger partial charge in [-0.1, -0.05) is 6.92 Å². The number of aromatic nitrogens is 2. The van der Waals surface area contributed by atoms with Gasteiger partial charge in [-0.05, 0) is 38.6 Å². The molecule has 3 heterocycles. The fourth-order valence-electron chi connectivity index (χ4n) is 3.77. The van der Waals surface area contributed by atoms with E-state index < -0.39 is 0 Å². The Bertz CT molecular complexity index is 568. The Morgan fingerprint density at radius 2 is 2.00 bits per heavy atom. The molecule has 1 aromatic heterocycles. The van der Waals surface area contributed by atoms with Crippen LogP contribution in [-0.2, 0) is 0 Å². The number of nitrogens with one attached hydrogen (secondary N) is 1. The number of amides is 1. The summed E-state index contributed by atoms with van der Waals surface area (Å²) >= 11 is 0. The Balaban J connectivity index is 1.62. The van der Waals surface area contributed by atoms with E-state index in [9.17, 15) is 4.79 Å². The monoisotopic (exact) mass is 317 g/mol. The second-order valence-corrected chi connectivity index (χ2v) is 6.85. The third-order valence-corrected chi connectivity index (χ3v) is 5.16. The molecule has 0 aliphatic carbocycles. The van der Waals surface area contributed by atoms with Gasteiger partial charge in [-0.25, -0.2) is 9.97 Å². The second-order valence-electron chi connectivity index (χ2n) is 6.85. The van der Waals surface area contributed by atoms with Gasteiger partial charge in [0.2, 0.25) is 5.82 Å². The van der Waals surface area contributed by atoms with Gasteiger partial charge in [0.15, 0.2) is 0 Å². The average molecular weight is 317 g/mol. The van der Waals surface area contributed by atoms with E-state index >= 15 is 0 Å². The number of hydrogen-bond donors (Lipinski definition) is 1. The molecule has 0 saturated carbocycles. The third kappa shape index (κ3) is 3.47. The van der Waals surface area contributed by atoms with Gasteiger partial charge in [-0.2, -0.15) is 0 Å². The van der Waals surface area contributed by atoms with Crippen LogP contribution in [0.2, 0.25) is 0 Å². The number of piperidine rings is 1. The molecule has 0 radical (unpaired) electrons. The topological polar surface area (TPSA) is 61.4 Å². The number of aryl methyl sites for hydroxylation is 1. The summed E-state index contributed by atoms with van der Waals surface area (Å²) in [7, 11) is 1.60. The minimum atomic E-state index is -0.235. The normalized spacial score (nSPS) is 23.3. The van der Waals surface area contributed by atoms with Gasteiger partial charge in [0.05, 0.1) is 17.6 Å². The largest absolute Gasteiger partial charge is 0.369 e. The highest BCUT2D eigenvalue weighted by molar-refractivity contribution is 5.90. The molecule has 3 rings (SSSR count). The summed E-state index contributed by atoms with van der Waals surface area (Å²) in [4.78, 5) is 25.2. The molecule has 1 amide bonds. The number of rotatable bonds is 3. The van der Waals surface area contributed by atoms with Gasteiger partial charge in [0.1, 0.15) is 0 Å². The van der Waals surface area contributed by atoms with Crippen LogP contribution in [0.5, 0.6) is 0 Å². The lowest BCUT2D eigenvalue weighted by atomic mass is 10.0.